The quantitative estimate of drug-likeness (QED) is 0.815. The first-order chi connectivity index (χ1) is 10.1. The van der Waals surface area contributed by atoms with E-state index in [9.17, 15) is 0 Å². The molecular formula is C17H27ClNO2+. The third kappa shape index (κ3) is 5.17. The molecular weight excluding hydrogens is 286 g/mol. The van der Waals surface area contributed by atoms with Gasteiger partial charge in [-0.2, -0.15) is 0 Å². The number of quaternary nitrogens is 1. The molecule has 1 aliphatic heterocycles. The van der Waals surface area contributed by atoms with Crippen molar-refractivity contribution >= 4 is 11.6 Å². The van der Waals surface area contributed by atoms with Gasteiger partial charge in [0.1, 0.15) is 31.0 Å². The summed E-state index contributed by atoms with van der Waals surface area (Å²) in [4.78, 5) is 1.62. The average Bonchev–Trinajstić information content (AvgIpc) is 2.44. The summed E-state index contributed by atoms with van der Waals surface area (Å²) >= 11 is 6.12. The van der Waals surface area contributed by atoms with E-state index in [-0.39, 0.29) is 0 Å². The zero-order valence-corrected chi connectivity index (χ0v) is 14.1. The normalized spacial score (nSPS) is 25.8. The number of benzene rings is 1. The molecule has 0 bridgehead atoms. The lowest BCUT2D eigenvalue weighted by Gasteiger charge is -2.32. The third-order valence-corrected chi connectivity index (χ3v) is 4.33. The third-order valence-electron chi connectivity index (χ3n) is 3.96. The van der Waals surface area contributed by atoms with Gasteiger partial charge in [0.25, 0.3) is 0 Å². The Balaban J connectivity index is 1.72. The van der Waals surface area contributed by atoms with Crippen LogP contribution < -0.4 is 9.64 Å². The lowest BCUT2D eigenvalue weighted by atomic mass is 10.1. The number of nitrogens with one attached hydrogen (secondary N) is 1. The Labute approximate surface area is 133 Å². The monoisotopic (exact) mass is 312 g/mol. The van der Waals surface area contributed by atoms with Gasteiger partial charge in [0.05, 0.1) is 13.2 Å². The van der Waals surface area contributed by atoms with E-state index in [1.165, 1.54) is 0 Å². The van der Waals surface area contributed by atoms with Crippen molar-refractivity contribution in [1.82, 2.24) is 0 Å². The molecule has 0 unspecified atom stereocenters. The van der Waals surface area contributed by atoms with E-state index in [0.717, 1.165) is 55.4 Å². The SMILES string of the molecule is CCc1cc(OCCC[NH+]2C[C@H](C)O[C@@H](C)C2)ccc1Cl. The number of aryl methyl sites for hydroxylation is 1. The van der Waals surface area contributed by atoms with Crippen LogP contribution in [0.2, 0.25) is 5.02 Å². The number of rotatable bonds is 6. The molecule has 1 heterocycles. The Morgan fingerprint density at radius 2 is 2.00 bits per heavy atom. The first-order valence-electron chi connectivity index (χ1n) is 7.98. The summed E-state index contributed by atoms with van der Waals surface area (Å²) in [5.74, 6) is 0.926. The summed E-state index contributed by atoms with van der Waals surface area (Å²) in [5.41, 5.74) is 1.15. The Morgan fingerprint density at radius 1 is 1.29 bits per heavy atom. The van der Waals surface area contributed by atoms with Gasteiger partial charge in [0.15, 0.2) is 0 Å². The molecule has 1 fully saturated rings. The van der Waals surface area contributed by atoms with Crippen LogP contribution in [0.25, 0.3) is 0 Å². The van der Waals surface area contributed by atoms with Crippen LogP contribution in [0.15, 0.2) is 18.2 Å². The van der Waals surface area contributed by atoms with Crippen LogP contribution in [0.4, 0.5) is 0 Å². The highest BCUT2D eigenvalue weighted by Gasteiger charge is 2.24. The van der Waals surface area contributed by atoms with Crippen molar-refractivity contribution < 1.29 is 14.4 Å². The maximum Gasteiger partial charge on any atom is 0.119 e. The van der Waals surface area contributed by atoms with Crippen LogP contribution in [0.1, 0.15) is 32.8 Å². The van der Waals surface area contributed by atoms with E-state index in [1.807, 2.05) is 18.2 Å². The molecule has 1 saturated heterocycles. The Kier molecular flexibility index (Phi) is 6.34. The minimum absolute atomic E-state index is 0.369. The van der Waals surface area contributed by atoms with Gasteiger partial charge >= 0.3 is 0 Å². The van der Waals surface area contributed by atoms with Crippen LogP contribution in [0.3, 0.4) is 0 Å². The second-order valence-corrected chi connectivity index (χ2v) is 6.38. The molecule has 2 rings (SSSR count). The minimum Gasteiger partial charge on any atom is -0.493 e. The minimum atomic E-state index is 0.369. The predicted molar refractivity (Wildman–Crippen MR) is 86.5 cm³/mol. The highest BCUT2D eigenvalue weighted by molar-refractivity contribution is 6.31. The fourth-order valence-electron chi connectivity index (χ4n) is 3.02. The number of hydrogen-bond donors (Lipinski definition) is 1. The van der Waals surface area contributed by atoms with Crippen molar-refractivity contribution in [1.29, 1.82) is 0 Å². The molecule has 1 aromatic rings. The number of halogens is 1. The van der Waals surface area contributed by atoms with Gasteiger partial charge in [0, 0.05) is 11.4 Å². The highest BCUT2D eigenvalue weighted by atomic mass is 35.5. The lowest BCUT2D eigenvalue weighted by molar-refractivity contribution is -0.915. The molecule has 0 spiro atoms. The van der Waals surface area contributed by atoms with Gasteiger partial charge in [0.2, 0.25) is 0 Å². The highest BCUT2D eigenvalue weighted by Crippen LogP contribution is 2.22. The Bertz CT molecular complexity index is 442. The fraction of sp³-hybridized carbons (Fsp3) is 0.647. The van der Waals surface area contributed by atoms with Crippen LogP contribution in [0, 0.1) is 0 Å². The van der Waals surface area contributed by atoms with Gasteiger partial charge in [-0.3, -0.25) is 0 Å². The summed E-state index contributed by atoms with van der Waals surface area (Å²) in [6.07, 6.45) is 2.74. The van der Waals surface area contributed by atoms with Gasteiger partial charge in [-0.1, -0.05) is 18.5 Å². The van der Waals surface area contributed by atoms with Crippen molar-refractivity contribution in [2.45, 2.75) is 45.8 Å². The summed E-state index contributed by atoms with van der Waals surface area (Å²) in [6, 6.07) is 5.92. The van der Waals surface area contributed by atoms with Crippen molar-refractivity contribution in [3.63, 3.8) is 0 Å². The molecule has 2 atom stereocenters. The molecule has 4 heteroatoms. The van der Waals surface area contributed by atoms with E-state index in [0.29, 0.717) is 12.2 Å². The maximum atomic E-state index is 6.12. The number of hydrogen-bond acceptors (Lipinski definition) is 2. The molecule has 21 heavy (non-hydrogen) atoms. The fourth-order valence-corrected chi connectivity index (χ4v) is 3.27. The maximum absolute atomic E-state index is 6.12. The van der Waals surface area contributed by atoms with Crippen molar-refractivity contribution in [2.75, 3.05) is 26.2 Å². The van der Waals surface area contributed by atoms with E-state index in [1.54, 1.807) is 4.90 Å². The molecule has 0 radical (unpaired) electrons. The molecule has 3 nitrogen and oxygen atoms in total. The molecule has 1 aliphatic rings. The van der Waals surface area contributed by atoms with Crippen molar-refractivity contribution in [3.8, 4) is 5.75 Å². The average molecular weight is 313 g/mol. The first-order valence-corrected chi connectivity index (χ1v) is 8.36. The summed E-state index contributed by atoms with van der Waals surface area (Å²) in [7, 11) is 0. The molecule has 0 aliphatic carbocycles. The molecule has 0 saturated carbocycles. The topological polar surface area (TPSA) is 22.9 Å². The summed E-state index contributed by atoms with van der Waals surface area (Å²) in [6.45, 7) is 10.5. The van der Waals surface area contributed by atoms with E-state index >= 15 is 0 Å². The molecule has 1 aromatic carbocycles. The summed E-state index contributed by atoms with van der Waals surface area (Å²) in [5, 5.41) is 0.825. The predicted octanol–water partition coefficient (Wildman–Crippen LogP) is 2.36. The Hall–Kier alpha value is -0.770. The number of ether oxygens (including phenoxy) is 2. The molecule has 0 aromatic heterocycles. The van der Waals surface area contributed by atoms with Crippen molar-refractivity contribution in [2.24, 2.45) is 0 Å². The van der Waals surface area contributed by atoms with Gasteiger partial charge in [-0.15, -0.1) is 0 Å². The van der Waals surface area contributed by atoms with Crippen LogP contribution in [-0.4, -0.2) is 38.4 Å². The molecule has 118 valence electrons. The number of morpholine rings is 1. The zero-order valence-electron chi connectivity index (χ0n) is 13.3. The second-order valence-electron chi connectivity index (χ2n) is 5.97. The smallest absolute Gasteiger partial charge is 0.119 e. The van der Waals surface area contributed by atoms with Crippen LogP contribution >= 0.6 is 11.6 Å². The summed E-state index contributed by atoms with van der Waals surface area (Å²) < 4.78 is 11.6. The van der Waals surface area contributed by atoms with Crippen molar-refractivity contribution in [3.05, 3.63) is 28.8 Å². The largest absolute Gasteiger partial charge is 0.493 e. The molecule has 1 N–H and O–H groups in total. The van der Waals surface area contributed by atoms with Crippen LogP contribution in [0.5, 0.6) is 5.75 Å². The molecule has 0 amide bonds. The van der Waals surface area contributed by atoms with E-state index in [4.69, 9.17) is 21.1 Å². The lowest BCUT2D eigenvalue weighted by Crippen LogP contribution is -3.15. The van der Waals surface area contributed by atoms with E-state index in [2.05, 4.69) is 20.8 Å². The Morgan fingerprint density at radius 3 is 2.67 bits per heavy atom. The second kappa shape index (κ2) is 8.02. The zero-order chi connectivity index (χ0) is 15.2. The standard InChI is InChI=1S/C17H26ClNO2/c1-4-15-10-16(6-7-17(15)18)20-9-5-8-19-11-13(2)21-14(3)12-19/h6-7,10,13-14H,4-5,8-9,11-12H2,1-3H3/p+1/t13-,14-/m0/s1. The van der Waals surface area contributed by atoms with E-state index < -0.39 is 0 Å². The first kappa shape index (κ1) is 16.6. The van der Waals surface area contributed by atoms with Crippen LogP contribution in [-0.2, 0) is 11.2 Å². The van der Waals surface area contributed by atoms with Gasteiger partial charge in [-0.25, -0.2) is 0 Å². The van der Waals surface area contributed by atoms with Gasteiger partial charge < -0.3 is 14.4 Å². The van der Waals surface area contributed by atoms with Gasteiger partial charge in [-0.05, 0) is 44.0 Å².